The lowest BCUT2D eigenvalue weighted by molar-refractivity contribution is 0.135. The minimum atomic E-state index is -0.598. The number of aliphatic hydroxyl groups excluding tert-OH is 1. The molecule has 1 aromatic rings. The van der Waals surface area contributed by atoms with Crippen molar-refractivity contribution in [3.63, 3.8) is 0 Å². The van der Waals surface area contributed by atoms with Gasteiger partial charge in [0.2, 0.25) is 0 Å². The minimum absolute atomic E-state index is 0.00417. The number of allylic oxidation sites excluding steroid dienone is 3. The fraction of sp³-hybridized carbons (Fsp3) is 0.586. The van der Waals surface area contributed by atoms with Crippen molar-refractivity contribution in [1.29, 1.82) is 0 Å². The molecule has 33 heavy (non-hydrogen) atoms. The number of rotatable bonds is 10. The van der Waals surface area contributed by atoms with Crippen LogP contribution in [0.25, 0.3) is 0 Å². The largest absolute Gasteiger partial charge is 0.392 e. The number of halogens is 2. The van der Waals surface area contributed by atoms with Crippen molar-refractivity contribution in [1.82, 2.24) is 5.32 Å². The van der Waals surface area contributed by atoms with Crippen LogP contribution in [0.4, 0.5) is 8.78 Å². The normalized spacial score (nSPS) is 23.5. The molecule has 2 nitrogen and oxygen atoms in total. The standard InChI is InChI=1S/C29H43F2NO/c1-7-10-24(17-23(8-2)28(4,5)6)29(14-9-11-21(3)19-29)32-20-27(33)13-12-22-15-25(30)18-26(31)16-22/h8,10,15-18,21,27,32-33H,2,7,9,11-14,19-20H2,1,3-6H3/b23-17+,24-10+. The highest BCUT2D eigenvalue weighted by Crippen LogP contribution is 2.40. The third-order valence-corrected chi connectivity index (χ3v) is 6.74. The van der Waals surface area contributed by atoms with Crippen molar-refractivity contribution >= 4 is 0 Å². The van der Waals surface area contributed by atoms with E-state index in [9.17, 15) is 13.9 Å². The Kier molecular flexibility index (Phi) is 10.1. The van der Waals surface area contributed by atoms with Crippen LogP contribution in [-0.2, 0) is 6.42 Å². The van der Waals surface area contributed by atoms with Crippen LogP contribution in [0.5, 0.6) is 0 Å². The summed E-state index contributed by atoms with van der Waals surface area (Å²) in [4.78, 5) is 0. The van der Waals surface area contributed by atoms with Gasteiger partial charge in [-0.05, 0) is 72.3 Å². The Morgan fingerprint density at radius 1 is 1.27 bits per heavy atom. The smallest absolute Gasteiger partial charge is 0.126 e. The predicted octanol–water partition coefficient (Wildman–Crippen LogP) is 7.29. The lowest BCUT2D eigenvalue weighted by Gasteiger charge is -2.43. The summed E-state index contributed by atoms with van der Waals surface area (Å²) in [6, 6.07) is 3.55. The number of hydrogen-bond donors (Lipinski definition) is 2. The van der Waals surface area contributed by atoms with Crippen molar-refractivity contribution in [3.05, 3.63) is 71.4 Å². The molecule has 1 fully saturated rings. The summed E-state index contributed by atoms with van der Waals surface area (Å²) in [5, 5.41) is 14.5. The summed E-state index contributed by atoms with van der Waals surface area (Å²) in [7, 11) is 0. The number of nitrogens with one attached hydrogen (secondary N) is 1. The Labute approximate surface area is 199 Å². The molecule has 0 radical (unpaired) electrons. The van der Waals surface area contributed by atoms with Gasteiger partial charge in [-0.1, -0.05) is 72.3 Å². The summed E-state index contributed by atoms with van der Waals surface area (Å²) in [6.45, 7) is 15.6. The Bertz CT molecular complexity index is 831. The van der Waals surface area contributed by atoms with E-state index >= 15 is 0 Å². The number of β-amino-alcohol motifs (C(OH)–C–C–N with tert-alkyl or cyclic N) is 1. The van der Waals surface area contributed by atoms with Gasteiger partial charge in [-0.15, -0.1) is 0 Å². The number of aryl methyl sites for hydroxylation is 1. The van der Waals surface area contributed by atoms with Crippen LogP contribution < -0.4 is 5.32 Å². The first-order chi connectivity index (χ1) is 15.5. The van der Waals surface area contributed by atoms with Gasteiger partial charge in [0.05, 0.1) is 6.10 Å². The van der Waals surface area contributed by atoms with Crippen molar-refractivity contribution in [2.45, 2.75) is 91.2 Å². The molecule has 0 heterocycles. The first-order valence-electron chi connectivity index (χ1n) is 12.4. The molecule has 0 bridgehead atoms. The van der Waals surface area contributed by atoms with Crippen LogP contribution in [0, 0.1) is 23.0 Å². The van der Waals surface area contributed by atoms with E-state index < -0.39 is 17.7 Å². The fourth-order valence-electron chi connectivity index (χ4n) is 4.94. The van der Waals surface area contributed by atoms with E-state index in [2.05, 4.69) is 58.7 Å². The topological polar surface area (TPSA) is 32.3 Å². The second kappa shape index (κ2) is 12.1. The van der Waals surface area contributed by atoms with Gasteiger partial charge in [-0.25, -0.2) is 8.78 Å². The molecule has 0 amide bonds. The minimum Gasteiger partial charge on any atom is -0.392 e. The van der Waals surface area contributed by atoms with E-state index in [-0.39, 0.29) is 11.0 Å². The molecule has 3 atom stereocenters. The second-order valence-electron chi connectivity index (χ2n) is 10.8. The fourth-order valence-corrected chi connectivity index (χ4v) is 4.94. The highest BCUT2D eigenvalue weighted by molar-refractivity contribution is 5.40. The summed E-state index contributed by atoms with van der Waals surface area (Å²) in [5.41, 5.74) is 2.86. The van der Waals surface area contributed by atoms with Crippen LogP contribution in [0.2, 0.25) is 0 Å². The van der Waals surface area contributed by atoms with E-state index in [0.29, 0.717) is 30.9 Å². The highest BCUT2D eigenvalue weighted by atomic mass is 19.1. The molecular weight excluding hydrogens is 416 g/mol. The zero-order valence-electron chi connectivity index (χ0n) is 21.2. The zero-order valence-corrected chi connectivity index (χ0v) is 21.2. The third-order valence-electron chi connectivity index (χ3n) is 6.74. The Morgan fingerprint density at radius 3 is 2.48 bits per heavy atom. The number of aliphatic hydroxyl groups is 1. The van der Waals surface area contributed by atoms with Gasteiger partial charge in [-0.2, -0.15) is 0 Å². The summed E-state index contributed by atoms with van der Waals surface area (Å²) >= 11 is 0. The van der Waals surface area contributed by atoms with Gasteiger partial charge < -0.3 is 10.4 Å². The molecule has 0 aromatic heterocycles. The molecule has 1 aliphatic carbocycles. The van der Waals surface area contributed by atoms with Crippen LogP contribution >= 0.6 is 0 Å². The molecule has 1 aliphatic rings. The summed E-state index contributed by atoms with van der Waals surface area (Å²) in [5.74, 6) is -0.564. The lowest BCUT2D eigenvalue weighted by Crippen LogP contribution is -2.52. The molecular formula is C29H43F2NO. The van der Waals surface area contributed by atoms with E-state index in [0.717, 1.165) is 31.7 Å². The zero-order chi connectivity index (χ0) is 24.6. The first-order valence-corrected chi connectivity index (χ1v) is 12.4. The number of hydrogen-bond acceptors (Lipinski definition) is 2. The van der Waals surface area contributed by atoms with E-state index in [4.69, 9.17) is 0 Å². The maximum atomic E-state index is 13.5. The highest BCUT2D eigenvalue weighted by Gasteiger charge is 2.37. The van der Waals surface area contributed by atoms with Gasteiger partial charge in [0.1, 0.15) is 11.6 Å². The molecule has 184 valence electrons. The molecule has 0 aliphatic heterocycles. The van der Waals surface area contributed by atoms with Gasteiger partial charge >= 0.3 is 0 Å². The molecule has 4 heteroatoms. The number of benzene rings is 1. The molecule has 0 spiro atoms. The molecule has 1 aromatic carbocycles. The predicted molar refractivity (Wildman–Crippen MR) is 135 cm³/mol. The first kappa shape index (κ1) is 27.5. The van der Waals surface area contributed by atoms with Gasteiger partial charge in [-0.3, -0.25) is 0 Å². The second-order valence-corrected chi connectivity index (χ2v) is 10.8. The Hall–Kier alpha value is -1.78. The van der Waals surface area contributed by atoms with Crippen molar-refractivity contribution in [2.24, 2.45) is 11.3 Å². The molecule has 2 N–H and O–H groups in total. The SMILES string of the molecule is C=C/C(=C\C(=C/CC)C1(NCC(O)CCc2cc(F)cc(F)c2)CCCC(C)C1)C(C)(C)C. The average molecular weight is 460 g/mol. The molecule has 0 saturated heterocycles. The van der Waals surface area contributed by atoms with Crippen LogP contribution in [0.3, 0.4) is 0 Å². The van der Waals surface area contributed by atoms with Crippen molar-refractivity contribution in [2.75, 3.05) is 6.54 Å². The van der Waals surface area contributed by atoms with E-state index in [1.165, 1.54) is 29.7 Å². The van der Waals surface area contributed by atoms with Gasteiger partial charge in [0.15, 0.2) is 0 Å². The molecule has 3 unspecified atom stereocenters. The van der Waals surface area contributed by atoms with Crippen molar-refractivity contribution in [3.8, 4) is 0 Å². The lowest BCUT2D eigenvalue weighted by atomic mass is 9.70. The van der Waals surface area contributed by atoms with Gasteiger partial charge in [0, 0.05) is 18.2 Å². The van der Waals surface area contributed by atoms with E-state index in [1.807, 2.05) is 6.08 Å². The third kappa shape index (κ3) is 8.19. The Balaban J connectivity index is 2.20. The summed E-state index contributed by atoms with van der Waals surface area (Å²) in [6.07, 6.45) is 12.2. The van der Waals surface area contributed by atoms with Crippen LogP contribution in [-0.4, -0.2) is 23.3 Å². The van der Waals surface area contributed by atoms with Crippen LogP contribution in [0.1, 0.15) is 78.7 Å². The molecule has 1 saturated carbocycles. The maximum absolute atomic E-state index is 13.5. The van der Waals surface area contributed by atoms with E-state index in [1.54, 1.807) is 0 Å². The molecule has 2 rings (SSSR count). The van der Waals surface area contributed by atoms with Crippen LogP contribution in [0.15, 0.2) is 54.2 Å². The quantitative estimate of drug-likeness (QED) is 0.360. The Morgan fingerprint density at radius 2 is 1.94 bits per heavy atom. The average Bonchev–Trinajstić information content (AvgIpc) is 2.72. The maximum Gasteiger partial charge on any atom is 0.126 e. The summed E-state index contributed by atoms with van der Waals surface area (Å²) < 4.78 is 27.0. The van der Waals surface area contributed by atoms with Crippen molar-refractivity contribution < 1.29 is 13.9 Å². The van der Waals surface area contributed by atoms with Gasteiger partial charge in [0.25, 0.3) is 0 Å². The monoisotopic (exact) mass is 459 g/mol.